The highest BCUT2D eigenvalue weighted by Gasteiger charge is 2.32. The van der Waals surface area contributed by atoms with Crippen LogP contribution in [0.25, 0.3) is 0 Å². The monoisotopic (exact) mass is 436 g/mol. The van der Waals surface area contributed by atoms with Gasteiger partial charge in [0.15, 0.2) is 5.44 Å². The Morgan fingerprint density at radius 3 is 2.04 bits per heavy atom. The van der Waals surface area contributed by atoms with Crippen LogP contribution in [0, 0.1) is 11.3 Å². The predicted molar refractivity (Wildman–Crippen MR) is 112 cm³/mol. The highest BCUT2D eigenvalue weighted by Crippen LogP contribution is 2.27. The van der Waals surface area contributed by atoms with Gasteiger partial charge in [0, 0.05) is 13.3 Å². The Hall–Kier alpha value is -1.35. The van der Waals surface area contributed by atoms with E-state index in [1.807, 2.05) is 0 Å². The first-order valence-corrected chi connectivity index (χ1v) is 10.6. The highest BCUT2D eigenvalue weighted by molar-refractivity contribution is 8.22. The summed E-state index contributed by atoms with van der Waals surface area (Å²) in [4.78, 5) is 35.8. The lowest BCUT2D eigenvalue weighted by atomic mass is 9.96. The summed E-state index contributed by atoms with van der Waals surface area (Å²) < 4.78 is 21.4. The zero-order chi connectivity index (χ0) is 21.9. The van der Waals surface area contributed by atoms with Gasteiger partial charge in [-0.15, -0.1) is 0 Å². The van der Waals surface area contributed by atoms with Crippen LogP contribution in [0.2, 0.25) is 0 Å². The van der Waals surface area contributed by atoms with Crippen molar-refractivity contribution in [2.75, 3.05) is 13.2 Å². The number of esters is 3. The molecule has 0 bridgehead atoms. The minimum absolute atomic E-state index is 0.170. The van der Waals surface area contributed by atoms with Crippen molar-refractivity contribution in [3.8, 4) is 0 Å². The first kappa shape index (κ1) is 26.6. The van der Waals surface area contributed by atoms with Crippen LogP contribution in [0.1, 0.15) is 61.3 Å². The van der Waals surface area contributed by atoms with Crippen LogP contribution in [0.4, 0.5) is 0 Å². The molecular formula is C19H32O7S2. The Morgan fingerprint density at radius 2 is 1.57 bits per heavy atom. The van der Waals surface area contributed by atoms with E-state index in [-0.39, 0.29) is 29.8 Å². The van der Waals surface area contributed by atoms with E-state index < -0.39 is 34.8 Å². The Kier molecular flexibility index (Phi) is 12.4. The van der Waals surface area contributed by atoms with Crippen LogP contribution >= 0.6 is 24.0 Å². The Balaban J connectivity index is 5.34. The van der Waals surface area contributed by atoms with Crippen LogP contribution in [0.5, 0.6) is 0 Å². The topological polar surface area (TPSA) is 88.1 Å². The Morgan fingerprint density at radius 1 is 1.00 bits per heavy atom. The normalized spacial score (nSPS) is 14.4. The minimum atomic E-state index is -0.712. The maximum atomic E-state index is 12.4. The predicted octanol–water partition coefficient (Wildman–Crippen LogP) is 3.87. The van der Waals surface area contributed by atoms with Crippen molar-refractivity contribution in [1.29, 1.82) is 0 Å². The summed E-state index contributed by atoms with van der Waals surface area (Å²) in [6.07, 6.45) is -0.254. The van der Waals surface area contributed by atoms with Crippen LogP contribution in [-0.4, -0.2) is 47.0 Å². The second-order valence-corrected chi connectivity index (χ2v) is 9.00. The van der Waals surface area contributed by atoms with Crippen molar-refractivity contribution in [3.05, 3.63) is 0 Å². The summed E-state index contributed by atoms with van der Waals surface area (Å²) in [5, 5.41) is 0. The maximum Gasteiger partial charge on any atom is 0.311 e. The number of hydrogen-bond acceptors (Lipinski definition) is 9. The van der Waals surface area contributed by atoms with Gasteiger partial charge < -0.3 is 18.9 Å². The van der Waals surface area contributed by atoms with Gasteiger partial charge in [0.1, 0.15) is 6.10 Å². The molecule has 0 saturated heterocycles. The largest absolute Gasteiger partial charge is 0.479 e. The fourth-order valence-corrected chi connectivity index (χ4v) is 3.41. The van der Waals surface area contributed by atoms with Gasteiger partial charge in [-0.05, 0) is 65.0 Å². The van der Waals surface area contributed by atoms with E-state index in [1.54, 1.807) is 41.5 Å². The molecular weight excluding hydrogens is 404 g/mol. The van der Waals surface area contributed by atoms with Crippen LogP contribution < -0.4 is 0 Å². The molecule has 7 nitrogen and oxygen atoms in total. The average Bonchev–Trinajstić information content (AvgIpc) is 2.53. The van der Waals surface area contributed by atoms with Crippen LogP contribution in [0.15, 0.2) is 0 Å². The lowest BCUT2D eigenvalue weighted by molar-refractivity contribution is -0.163. The van der Waals surface area contributed by atoms with Crippen molar-refractivity contribution < 1.29 is 33.3 Å². The van der Waals surface area contributed by atoms with Gasteiger partial charge in [-0.1, -0.05) is 6.92 Å². The van der Waals surface area contributed by atoms with Crippen molar-refractivity contribution in [1.82, 2.24) is 0 Å². The van der Waals surface area contributed by atoms with Gasteiger partial charge in [0.2, 0.25) is 4.38 Å². The molecule has 0 saturated carbocycles. The summed E-state index contributed by atoms with van der Waals surface area (Å²) in [5.74, 6) is -1.76. The first-order valence-electron chi connectivity index (χ1n) is 9.28. The summed E-state index contributed by atoms with van der Waals surface area (Å²) in [6, 6.07) is 0. The van der Waals surface area contributed by atoms with E-state index in [0.717, 1.165) is 11.8 Å². The van der Waals surface area contributed by atoms with E-state index >= 15 is 0 Å². The molecule has 0 spiro atoms. The molecule has 0 aliphatic carbocycles. The highest BCUT2D eigenvalue weighted by atomic mass is 32.2. The molecule has 28 heavy (non-hydrogen) atoms. The number of hydrogen-bond donors (Lipinski definition) is 0. The smallest absolute Gasteiger partial charge is 0.311 e. The molecule has 0 aromatic heterocycles. The molecule has 0 aromatic carbocycles. The SMILES string of the molecule is CCOC(=O)C(C)CC(CC(OC(C)=O)SC(=S)OCC)OC(=O)C(C)(C)C. The van der Waals surface area contributed by atoms with Gasteiger partial charge in [0.05, 0.1) is 24.5 Å². The number of thiocarbonyl (C=S) groups is 1. The van der Waals surface area contributed by atoms with E-state index in [4.69, 9.17) is 31.2 Å². The summed E-state index contributed by atoms with van der Waals surface area (Å²) in [6.45, 7) is 12.4. The second kappa shape index (κ2) is 13.0. The lowest BCUT2D eigenvalue weighted by Crippen LogP contribution is -2.33. The fraction of sp³-hybridized carbons (Fsp3) is 0.789. The quantitative estimate of drug-likeness (QED) is 0.219. The standard InChI is InChI=1S/C19H32O7S2/c1-8-23-16(21)12(3)10-14(26-17(22)19(5,6)7)11-15(25-13(4)20)28-18(27)24-9-2/h12,14-15H,8-11H2,1-7H3. The van der Waals surface area contributed by atoms with Crippen molar-refractivity contribution in [3.63, 3.8) is 0 Å². The van der Waals surface area contributed by atoms with E-state index in [0.29, 0.717) is 6.61 Å². The van der Waals surface area contributed by atoms with Gasteiger partial charge in [-0.25, -0.2) is 0 Å². The first-order chi connectivity index (χ1) is 12.9. The average molecular weight is 437 g/mol. The summed E-state index contributed by atoms with van der Waals surface area (Å²) in [7, 11) is 0. The number of ether oxygens (including phenoxy) is 4. The third-order valence-corrected chi connectivity index (χ3v) is 4.70. The second-order valence-electron chi connectivity index (χ2n) is 7.24. The third-order valence-electron chi connectivity index (χ3n) is 3.43. The van der Waals surface area contributed by atoms with Crippen LogP contribution in [-0.2, 0) is 33.3 Å². The minimum Gasteiger partial charge on any atom is -0.479 e. The van der Waals surface area contributed by atoms with Gasteiger partial charge in [-0.3, -0.25) is 14.4 Å². The number of carbonyl (C=O) groups excluding carboxylic acids is 3. The molecule has 0 N–H and O–H groups in total. The Labute approximate surface area is 177 Å². The molecule has 0 aromatic rings. The molecule has 0 fully saturated rings. The molecule has 9 heteroatoms. The lowest BCUT2D eigenvalue weighted by Gasteiger charge is -2.27. The molecule has 3 unspecified atom stereocenters. The number of carbonyl (C=O) groups is 3. The van der Waals surface area contributed by atoms with E-state index in [1.165, 1.54) is 6.92 Å². The number of rotatable bonds is 10. The zero-order valence-electron chi connectivity index (χ0n) is 17.7. The van der Waals surface area contributed by atoms with E-state index in [2.05, 4.69) is 0 Å². The summed E-state index contributed by atoms with van der Waals surface area (Å²) >= 11 is 6.18. The summed E-state index contributed by atoms with van der Waals surface area (Å²) in [5.41, 5.74) is -1.42. The third kappa shape index (κ3) is 11.5. The molecule has 0 rings (SSSR count). The molecule has 0 radical (unpaired) electrons. The number of thioether (sulfide) groups is 1. The molecule has 0 amide bonds. The maximum absolute atomic E-state index is 12.4. The van der Waals surface area contributed by atoms with Crippen LogP contribution in [0.3, 0.4) is 0 Å². The molecule has 0 aliphatic heterocycles. The molecule has 162 valence electrons. The molecule has 0 heterocycles. The van der Waals surface area contributed by atoms with Crippen molar-refractivity contribution in [2.24, 2.45) is 11.3 Å². The van der Waals surface area contributed by atoms with Gasteiger partial charge in [-0.2, -0.15) is 0 Å². The Bertz CT molecular complexity index is 543. The fourth-order valence-electron chi connectivity index (χ4n) is 2.07. The molecule has 0 aliphatic rings. The van der Waals surface area contributed by atoms with Crippen molar-refractivity contribution in [2.45, 2.75) is 72.8 Å². The van der Waals surface area contributed by atoms with Gasteiger partial charge >= 0.3 is 17.9 Å². The van der Waals surface area contributed by atoms with Gasteiger partial charge in [0.25, 0.3) is 0 Å². The van der Waals surface area contributed by atoms with E-state index in [9.17, 15) is 14.4 Å². The molecule has 3 atom stereocenters. The van der Waals surface area contributed by atoms with Crippen molar-refractivity contribution >= 4 is 46.3 Å². The zero-order valence-corrected chi connectivity index (χ0v) is 19.4.